The van der Waals surface area contributed by atoms with E-state index in [1.54, 1.807) is 52.0 Å². The van der Waals surface area contributed by atoms with Gasteiger partial charge in [-0.25, -0.2) is 13.6 Å². The van der Waals surface area contributed by atoms with Gasteiger partial charge in [-0.15, -0.1) is 0 Å². The summed E-state index contributed by atoms with van der Waals surface area (Å²) >= 11 is 0. The maximum atomic E-state index is 15.1. The third-order valence-electron chi connectivity index (χ3n) is 11.5. The van der Waals surface area contributed by atoms with Crippen molar-refractivity contribution in [2.75, 3.05) is 6.61 Å². The van der Waals surface area contributed by atoms with Gasteiger partial charge in [-0.1, -0.05) is 70.5 Å². The molecule has 1 spiro atoms. The van der Waals surface area contributed by atoms with Gasteiger partial charge in [0.15, 0.2) is 17.7 Å². The molecule has 1 saturated heterocycles. The second-order valence-corrected chi connectivity index (χ2v) is 19.8. The van der Waals surface area contributed by atoms with E-state index in [-0.39, 0.29) is 34.0 Å². The zero-order valence-corrected chi connectivity index (χ0v) is 37.0. The Morgan fingerprint density at radius 3 is 2.29 bits per heavy atom. The number of nitrogens with zero attached hydrogens (tertiary/aromatic N) is 4. The predicted octanol–water partition coefficient (Wildman–Crippen LogP) is 5.15. The van der Waals surface area contributed by atoms with E-state index in [1.807, 2.05) is 18.2 Å². The number of rotatable bonds is 17. The Kier molecular flexibility index (Phi) is 13.1. The van der Waals surface area contributed by atoms with Gasteiger partial charge in [0.2, 0.25) is 5.60 Å². The standard InChI is InChI=1S/C41H50N6O14P2/c1-24(2)37(48)58-34-32(60-41(21-42,35(34)59-38(49)25(3)4)33-15-14-30-36(43)46(22-44-47(30)33)23-56-63(52,53)54)20-55-62(51,61-31-13-8-11-27-10-6-7-12-29(27)31)45-26(5)39(50)57-28-18-40(19-28)16-9-17-40/h6-8,10-15,22,24-26,28,32,34-35,43H,9,16-20,23H2,1-5H3,(H,45,51)(H2,52,53,54)/t26-,32+,34+,35+,41-,62?/m0/s1. The van der Waals surface area contributed by atoms with Gasteiger partial charge in [-0.3, -0.25) is 33.4 Å². The topological polar surface area (TPSA) is 272 Å². The van der Waals surface area contributed by atoms with Crippen LogP contribution in [0, 0.1) is 34.0 Å². The SMILES string of the molecule is CC(C)C(=O)O[C@H]1[C@@H](OC(=O)C(C)C)[C@](C#N)(c2ccc3c(=N)n(COP(=O)(O)O)cnn23)O[C@@H]1COP(=O)(N[C@@H](C)C(=O)OC1CC2(CCC2)C1)Oc1cccc2ccccc12. The van der Waals surface area contributed by atoms with Crippen molar-refractivity contribution < 1.29 is 65.8 Å². The number of aromatic nitrogens is 3. The quantitative estimate of drug-likeness (QED) is 0.0606. The summed E-state index contributed by atoms with van der Waals surface area (Å²) in [4.78, 5) is 58.7. The number of benzene rings is 2. The number of fused-ring (bicyclic) bond motifs is 2. The third kappa shape index (κ3) is 9.62. The summed E-state index contributed by atoms with van der Waals surface area (Å²) in [7, 11) is -9.59. The minimum Gasteiger partial charge on any atom is -0.461 e. The smallest absolute Gasteiger partial charge is 0.461 e. The molecule has 6 atom stereocenters. The first kappa shape index (κ1) is 46.0. The molecule has 4 aromatic rings. The average Bonchev–Trinajstić information content (AvgIpc) is 3.77. The van der Waals surface area contributed by atoms with E-state index in [4.69, 9.17) is 33.4 Å². The Balaban J connectivity index is 1.25. The molecule has 0 amide bonds. The number of carbonyl (C=O) groups excluding carboxylic acids is 3. The lowest BCUT2D eigenvalue weighted by molar-refractivity contribution is -0.173. The Labute approximate surface area is 362 Å². The van der Waals surface area contributed by atoms with Crippen LogP contribution in [-0.4, -0.2) is 78.9 Å². The molecule has 0 bridgehead atoms. The number of hydrogen-bond donors (Lipinski definition) is 4. The number of phosphoric ester groups is 1. The van der Waals surface area contributed by atoms with E-state index in [2.05, 4.69) is 20.8 Å². The average molecular weight is 913 g/mol. The molecule has 7 rings (SSSR count). The summed E-state index contributed by atoms with van der Waals surface area (Å²) in [6, 6.07) is 15.8. The summed E-state index contributed by atoms with van der Waals surface area (Å²) in [5, 5.41) is 28.1. The van der Waals surface area contributed by atoms with Gasteiger partial charge in [0.1, 0.15) is 48.6 Å². The van der Waals surface area contributed by atoms with Crippen molar-refractivity contribution in [3.8, 4) is 11.8 Å². The highest BCUT2D eigenvalue weighted by Gasteiger charge is 2.63. The van der Waals surface area contributed by atoms with Crippen LogP contribution in [0.2, 0.25) is 0 Å². The van der Waals surface area contributed by atoms with Crippen LogP contribution in [-0.2, 0) is 63.8 Å². The van der Waals surface area contributed by atoms with Crippen LogP contribution in [0.5, 0.6) is 5.75 Å². The molecule has 22 heteroatoms. The number of hydrogen-bond acceptors (Lipinski definition) is 15. The van der Waals surface area contributed by atoms with Crippen molar-refractivity contribution in [3.63, 3.8) is 0 Å². The summed E-state index contributed by atoms with van der Waals surface area (Å²) in [6.45, 7) is 6.20. The first-order valence-corrected chi connectivity index (χ1v) is 23.6. The van der Waals surface area contributed by atoms with Gasteiger partial charge >= 0.3 is 33.5 Å². The Morgan fingerprint density at radius 2 is 1.63 bits per heavy atom. The summed E-state index contributed by atoms with van der Waals surface area (Å²) in [6.07, 6.45) is 0.745. The van der Waals surface area contributed by atoms with Crippen LogP contribution in [0.3, 0.4) is 0 Å². The van der Waals surface area contributed by atoms with Crippen LogP contribution in [0.1, 0.15) is 72.4 Å². The highest BCUT2D eigenvalue weighted by Crippen LogP contribution is 2.57. The molecular formula is C41H50N6O14P2. The zero-order chi connectivity index (χ0) is 45.5. The first-order chi connectivity index (χ1) is 29.8. The van der Waals surface area contributed by atoms with E-state index in [1.165, 1.54) is 19.1 Å². The van der Waals surface area contributed by atoms with Gasteiger partial charge in [0.05, 0.1) is 24.1 Å². The van der Waals surface area contributed by atoms with E-state index in [9.17, 15) is 34.0 Å². The highest BCUT2D eigenvalue weighted by molar-refractivity contribution is 7.52. The molecule has 338 valence electrons. The van der Waals surface area contributed by atoms with Crippen molar-refractivity contribution in [2.24, 2.45) is 17.3 Å². The molecule has 20 nitrogen and oxygen atoms in total. The first-order valence-electron chi connectivity index (χ1n) is 20.5. The van der Waals surface area contributed by atoms with Gasteiger partial charge in [0.25, 0.3) is 0 Å². The minimum absolute atomic E-state index is 0.00668. The lowest BCUT2D eigenvalue weighted by Gasteiger charge is -2.53. The molecule has 3 aliphatic rings. The number of phosphoric acid groups is 1. The monoisotopic (exact) mass is 912 g/mol. The molecule has 2 aromatic heterocycles. The van der Waals surface area contributed by atoms with Gasteiger partial charge < -0.3 is 33.3 Å². The maximum absolute atomic E-state index is 15.1. The second-order valence-electron chi connectivity index (χ2n) is 16.8. The van der Waals surface area contributed by atoms with Crippen molar-refractivity contribution in [1.29, 1.82) is 10.7 Å². The van der Waals surface area contributed by atoms with E-state index < -0.39 is 88.6 Å². The van der Waals surface area contributed by atoms with Crippen LogP contribution in [0.15, 0.2) is 60.9 Å². The summed E-state index contributed by atoms with van der Waals surface area (Å²) < 4.78 is 69.5. The molecule has 2 aromatic carbocycles. The Hall–Kier alpha value is -4.96. The maximum Gasteiger partial charge on any atom is 0.471 e. The molecule has 2 saturated carbocycles. The zero-order valence-electron chi connectivity index (χ0n) is 35.2. The van der Waals surface area contributed by atoms with Crippen molar-refractivity contribution in [2.45, 2.75) is 110 Å². The second kappa shape index (κ2) is 17.9. The predicted molar refractivity (Wildman–Crippen MR) is 220 cm³/mol. The molecule has 3 heterocycles. The minimum atomic E-state index is -4.93. The molecule has 4 N–H and O–H groups in total. The van der Waals surface area contributed by atoms with Crippen LogP contribution in [0.4, 0.5) is 0 Å². The lowest BCUT2D eigenvalue weighted by Crippen LogP contribution is -2.49. The Bertz CT molecular complexity index is 2590. The summed E-state index contributed by atoms with van der Waals surface area (Å²) in [5.74, 6) is -3.57. The van der Waals surface area contributed by atoms with Crippen LogP contribution < -0.4 is 15.1 Å². The molecule has 1 unspecified atom stereocenters. The number of ether oxygens (including phenoxy) is 4. The number of carbonyl (C=O) groups is 3. The van der Waals surface area contributed by atoms with E-state index >= 15 is 4.57 Å². The summed E-state index contributed by atoms with van der Waals surface area (Å²) in [5.41, 5.74) is -2.57. The fourth-order valence-electron chi connectivity index (χ4n) is 7.97. The third-order valence-corrected chi connectivity index (χ3v) is 13.6. The molecule has 1 aliphatic heterocycles. The fraction of sp³-hybridized carbons (Fsp3) is 0.512. The number of nitriles is 1. The molecular weight excluding hydrogens is 862 g/mol. The molecule has 2 aliphatic carbocycles. The Morgan fingerprint density at radius 1 is 0.952 bits per heavy atom. The lowest BCUT2D eigenvalue weighted by atomic mass is 9.55. The number of esters is 3. The largest absolute Gasteiger partial charge is 0.471 e. The fourth-order valence-corrected chi connectivity index (χ4v) is 9.76. The van der Waals surface area contributed by atoms with Crippen LogP contribution >= 0.6 is 15.6 Å². The van der Waals surface area contributed by atoms with Crippen molar-refractivity contribution in [1.82, 2.24) is 19.3 Å². The van der Waals surface area contributed by atoms with Gasteiger partial charge in [0, 0.05) is 5.39 Å². The van der Waals surface area contributed by atoms with Crippen molar-refractivity contribution >= 4 is 49.8 Å². The van der Waals surface area contributed by atoms with Gasteiger partial charge in [-0.05, 0) is 61.6 Å². The van der Waals surface area contributed by atoms with E-state index in [0.29, 0.717) is 5.39 Å². The van der Waals surface area contributed by atoms with Crippen molar-refractivity contribution in [3.05, 3.63) is 72.1 Å². The van der Waals surface area contributed by atoms with E-state index in [0.717, 1.165) is 52.9 Å². The highest BCUT2D eigenvalue weighted by atomic mass is 31.2. The molecule has 63 heavy (non-hydrogen) atoms. The number of nitrogens with one attached hydrogen (secondary N) is 2. The molecule has 3 fully saturated rings. The normalized spacial score (nSPS) is 23.5. The van der Waals surface area contributed by atoms with Crippen LogP contribution in [0.25, 0.3) is 16.3 Å². The molecule has 0 radical (unpaired) electrons. The van der Waals surface area contributed by atoms with Gasteiger partial charge in [-0.2, -0.15) is 15.4 Å².